The lowest BCUT2D eigenvalue weighted by atomic mass is 10.2. The Morgan fingerprint density at radius 3 is 2.95 bits per heavy atom. The first kappa shape index (κ1) is 12.4. The highest BCUT2D eigenvalue weighted by atomic mass is 16.6. The number of amides is 1. The fourth-order valence-corrected chi connectivity index (χ4v) is 1.32. The Kier molecular flexibility index (Phi) is 3.32. The molecule has 0 radical (unpaired) electrons. The number of carbonyl (C=O) groups is 1. The number of aromatic amines is 1. The zero-order valence-electron chi connectivity index (χ0n) is 9.53. The molecule has 0 aliphatic rings. The van der Waals surface area contributed by atoms with Gasteiger partial charge in [0.25, 0.3) is 11.6 Å². The maximum atomic E-state index is 11.8. The summed E-state index contributed by atoms with van der Waals surface area (Å²) < 4.78 is 0. The Morgan fingerprint density at radius 2 is 2.32 bits per heavy atom. The zero-order valence-corrected chi connectivity index (χ0v) is 9.53. The van der Waals surface area contributed by atoms with Crippen molar-refractivity contribution in [2.75, 3.05) is 5.73 Å². The van der Waals surface area contributed by atoms with Gasteiger partial charge >= 0.3 is 0 Å². The molecule has 0 fully saturated rings. The van der Waals surface area contributed by atoms with Crippen LogP contribution in [0, 0.1) is 10.1 Å². The van der Waals surface area contributed by atoms with E-state index in [1.54, 1.807) is 0 Å². The van der Waals surface area contributed by atoms with Gasteiger partial charge in [-0.2, -0.15) is 5.10 Å². The molecule has 10 nitrogen and oxygen atoms in total. The molecule has 0 unspecified atom stereocenters. The van der Waals surface area contributed by atoms with Gasteiger partial charge in [0.15, 0.2) is 0 Å². The number of hydrogen-bond acceptors (Lipinski definition) is 7. The molecule has 4 N–H and O–H groups in total. The van der Waals surface area contributed by atoms with Crippen molar-refractivity contribution in [3.8, 4) is 0 Å². The number of nitrogen functional groups attached to an aromatic ring is 1. The zero-order chi connectivity index (χ0) is 13.8. The number of aromatic nitrogens is 4. The molecule has 0 atom stereocenters. The number of nitrogens with one attached hydrogen (secondary N) is 2. The lowest BCUT2D eigenvalue weighted by molar-refractivity contribution is -0.385. The largest absolute Gasteiger partial charge is 0.383 e. The Bertz CT molecular complexity index is 610. The minimum Gasteiger partial charge on any atom is -0.383 e. The first-order valence-electron chi connectivity index (χ1n) is 5.10. The number of nitrogens with zero attached hydrogens (tertiary/aromatic N) is 4. The number of hydrogen-bond donors (Lipinski definition) is 3. The second-order valence-electron chi connectivity index (χ2n) is 3.50. The summed E-state index contributed by atoms with van der Waals surface area (Å²) in [6.07, 6.45) is 2.29. The van der Waals surface area contributed by atoms with Gasteiger partial charge in [-0.3, -0.25) is 20.0 Å². The van der Waals surface area contributed by atoms with E-state index in [1.165, 1.54) is 6.33 Å². The van der Waals surface area contributed by atoms with Crippen LogP contribution in [0.5, 0.6) is 0 Å². The van der Waals surface area contributed by atoms with Gasteiger partial charge < -0.3 is 11.1 Å². The summed E-state index contributed by atoms with van der Waals surface area (Å²) in [5, 5.41) is 19.3. The van der Waals surface area contributed by atoms with Crippen molar-refractivity contribution in [1.29, 1.82) is 0 Å². The van der Waals surface area contributed by atoms with Crippen LogP contribution < -0.4 is 11.1 Å². The molecule has 0 saturated heterocycles. The van der Waals surface area contributed by atoms with Gasteiger partial charge in [-0.05, 0) is 0 Å². The summed E-state index contributed by atoms with van der Waals surface area (Å²) >= 11 is 0. The number of anilines is 1. The van der Waals surface area contributed by atoms with E-state index < -0.39 is 10.8 Å². The minimum atomic E-state index is -0.653. The van der Waals surface area contributed by atoms with Crippen LogP contribution in [0.15, 0.2) is 18.6 Å². The Hall–Kier alpha value is -3.04. The molecule has 0 bridgehead atoms. The van der Waals surface area contributed by atoms with Crippen LogP contribution in [-0.4, -0.2) is 31.0 Å². The van der Waals surface area contributed by atoms with Crippen LogP contribution in [0.2, 0.25) is 0 Å². The molecule has 0 aromatic carbocycles. The first-order valence-corrected chi connectivity index (χ1v) is 5.10. The lowest BCUT2D eigenvalue weighted by Gasteiger charge is -2.05. The van der Waals surface area contributed by atoms with Crippen molar-refractivity contribution in [2.24, 2.45) is 0 Å². The molecule has 2 rings (SSSR count). The fraction of sp³-hybridized carbons (Fsp3) is 0.111. The van der Waals surface area contributed by atoms with Crippen molar-refractivity contribution in [1.82, 2.24) is 25.5 Å². The van der Waals surface area contributed by atoms with E-state index in [1.807, 2.05) is 0 Å². The number of nitrogens with two attached hydrogens (primary N) is 1. The van der Waals surface area contributed by atoms with Crippen LogP contribution >= 0.6 is 0 Å². The molecule has 10 heteroatoms. The number of rotatable bonds is 4. The van der Waals surface area contributed by atoms with Gasteiger partial charge in [-0.1, -0.05) is 0 Å². The Morgan fingerprint density at radius 1 is 1.53 bits per heavy atom. The fourth-order valence-electron chi connectivity index (χ4n) is 1.32. The molecular formula is C9H9N7O3. The van der Waals surface area contributed by atoms with E-state index in [4.69, 9.17) is 5.73 Å². The van der Waals surface area contributed by atoms with E-state index in [0.717, 1.165) is 12.3 Å². The molecule has 2 aromatic rings. The molecule has 0 aliphatic heterocycles. The molecule has 98 valence electrons. The van der Waals surface area contributed by atoms with Crippen LogP contribution in [0.3, 0.4) is 0 Å². The first-order chi connectivity index (χ1) is 9.08. The summed E-state index contributed by atoms with van der Waals surface area (Å²) in [7, 11) is 0. The second kappa shape index (κ2) is 5.08. The van der Waals surface area contributed by atoms with Crippen molar-refractivity contribution in [2.45, 2.75) is 6.54 Å². The Balaban J connectivity index is 2.14. The van der Waals surface area contributed by atoms with Gasteiger partial charge in [0.05, 0.1) is 17.0 Å². The van der Waals surface area contributed by atoms with E-state index >= 15 is 0 Å². The van der Waals surface area contributed by atoms with Crippen molar-refractivity contribution in [3.63, 3.8) is 0 Å². The Labute approximate surface area is 106 Å². The van der Waals surface area contributed by atoms with Crippen molar-refractivity contribution in [3.05, 3.63) is 40.1 Å². The van der Waals surface area contributed by atoms with Gasteiger partial charge in [-0.15, -0.1) is 0 Å². The van der Waals surface area contributed by atoms with E-state index in [9.17, 15) is 14.9 Å². The molecule has 0 spiro atoms. The van der Waals surface area contributed by atoms with Crippen LogP contribution in [0.1, 0.15) is 16.2 Å². The van der Waals surface area contributed by atoms with Crippen LogP contribution in [-0.2, 0) is 6.54 Å². The van der Waals surface area contributed by atoms with Gasteiger partial charge in [0, 0.05) is 6.07 Å². The predicted octanol–water partition coefficient (Wildman–Crippen LogP) is -0.380. The average Bonchev–Trinajstić information content (AvgIpc) is 2.89. The van der Waals surface area contributed by atoms with E-state index in [2.05, 4.69) is 25.5 Å². The molecule has 1 amide bonds. The monoisotopic (exact) mass is 263 g/mol. The summed E-state index contributed by atoms with van der Waals surface area (Å²) in [5.74, 6) is -0.212. The van der Waals surface area contributed by atoms with E-state index in [-0.39, 0.29) is 23.6 Å². The highest BCUT2D eigenvalue weighted by Crippen LogP contribution is 2.16. The molecule has 2 aromatic heterocycles. The molecule has 2 heterocycles. The number of nitro groups is 1. The quantitative estimate of drug-likeness (QED) is 0.501. The summed E-state index contributed by atoms with van der Waals surface area (Å²) in [5.41, 5.74) is 5.14. The maximum Gasteiger partial charge on any atom is 0.288 e. The SMILES string of the molecule is Nc1ncc([N+](=O)[O-])cc1C(=O)NCc1ncn[nH]1. The maximum absolute atomic E-state index is 11.8. The molecule has 0 aliphatic carbocycles. The highest BCUT2D eigenvalue weighted by molar-refractivity contribution is 5.98. The average molecular weight is 263 g/mol. The summed E-state index contributed by atoms with van der Waals surface area (Å²) in [6.45, 7) is 0.0982. The highest BCUT2D eigenvalue weighted by Gasteiger charge is 2.16. The molecule has 19 heavy (non-hydrogen) atoms. The minimum absolute atomic E-state index is 0.0614. The van der Waals surface area contributed by atoms with Crippen LogP contribution in [0.25, 0.3) is 0 Å². The summed E-state index contributed by atoms with van der Waals surface area (Å²) in [6, 6.07) is 1.07. The molecular weight excluding hydrogens is 254 g/mol. The lowest BCUT2D eigenvalue weighted by Crippen LogP contribution is -2.24. The molecule has 0 saturated carbocycles. The van der Waals surface area contributed by atoms with E-state index in [0.29, 0.717) is 5.82 Å². The standard InChI is InChI=1S/C9H9N7O3/c10-8-6(1-5(2-11-8)16(18)19)9(17)12-3-7-13-4-14-15-7/h1-2,4H,3H2,(H2,10,11)(H,12,17)(H,13,14,15). The third-order valence-corrected chi connectivity index (χ3v) is 2.24. The topological polar surface area (TPSA) is 153 Å². The number of pyridine rings is 1. The van der Waals surface area contributed by atoms with Crippen molar-refractivity contribution >= 4 is 17.4 Å². The predicted molar refractivity (Wildman–Crippen MR) is 62.9 cm³/mol. The third-order valence-electron chi connectivity index (χ3n) is 2.24. The second-order valence-corrected chi connectivity index (χ2v) is 3.50. The summed E-state index contributed by atoms with van der Waals surface area (Å²) in [4.78, 5) is 29.2. The van der Waals surface area contributed by atoms with Gasteiger partial charge in [0.2, 0.25) is 0 Å². The normalized spacial score (nSPS) is 10.1. The third kappa shape index (κ3) is 2.80. The van der Waals surface area contributed by atoms with Crippen molar-refractivity contribution < 1.29 is 9.72 Å². The van der Waals surface area contributed by atoms with Gasteiger partial charge in [-0.25, -0.2) is 9.97 Å². The smallest absolute Gasteiger partial charge is 0.288 e. The van der Waals surface area contributed by atoms with Gasteiger partial charge in [0.1, 0.15) is 24.2 Å². The van der Waals surface area contributed by atoms with Crippen LogP contribution in [0.4, 0.5) is 11.5 Å². The number of carbonyl (C=O) groups excluding carboxylic acids is 1. The number of H-pyrrole nitrogens is 1.